The minimum absolute atomic E-state index is 0.205. The summed E-state index contributed by atoms with van der Waals surface area (Å²) in [6.45, 7) is 4.36. The van der Waals surface area contributed by atoms with Gasteiger partial charge in [0.1, 0.15) is 0 Å². The monoisotopic (exact) mass is 241 g/mol. The first-order valence-corrected chi connectivity index (χ1v) is 5.79. The average Bonchev–Trinajstić information content (AvgIpc) is 2.38. The number of carbonyl (C=O) groups is 1. The minimum Gasteiger partial charge on any atom is -0.347 e. The number of hydrogen-bond acceptors (Lipinski definition) is 3. The van der Waals surface area contributed by atoms with Crippen LogP contribution in [0.2, 0.25) is 0 Å². The second-order valence-corrected chi connectivity index (χ2v) is 4.23. The Bertz CT molecular complexity index is 532. The van der Waals surface area contributed by atoms with E-state index in [1.807, 2.05) is 38.1 Å². The molecule has 1 amide bonds. The lowest BCUT2D eigenvalue weighted by Crippen LogP contribution is -2.24. The van der Waals surface area contributed by atoms with E-state index in [0.717, 1.165) is 11.3 Å². The van der Waals surface area contributed by atoms with Crippen molar-refractivity contribution < 1.29 is 4.79 Å². The maximum absolute atomic E-state index is 11.8. The Balaban J connectivity index is 1.96. The van der Waals surface area contributed by atoms with Crippen molar-refractivity contribution in [3.05, 3.63) is 58.9 Å². The van der Waals surface area contributed by atoms with Crippen LogP contribution in [0.25, 0.3) is 0 Å². The molecule has 0 fully saturated rings. The lowest BCUT2D eigenvalue weighted by Gasteiger charge is -2.05. The molecule has 0 bridgehead atoms. The molecule has 18 heavy (non-hydrogen) atoms. The molecule has 1 N–H and O–H groups in total. The zero-order valence-electron chi connectivity index (χ0n) is 10.5. The third kappa shape index (κ3) is 3.13. The number of rotatable bonds is 3. The fourth-order valence-corrected chi connectivity index (χ4v) is 1.50. The summed E-state index contributed by atoms with van der Waals surface area (Å²) in [5, 5.41) is 10.5. The first kappa shape index (κ1) is 12.2. The first-order chi connectivity index (χ1) is 8.65. The highest BCUT2D eigenvalue weighted by Crippen LogP contribution is 2.03. The van der Waals surface area contributed by atoms with Crippen molar-refractivity contribution in [2.24, 2.45) is 0 Å². The van der Waals surface area contributed by atoms with Crippen molar-refractivity contribution in [3.63, 3.8) is 0 Å². The van der Waals surface area contributed by atoms with Gasteiger partial charge < -0.3 is 5.32 Å². The minimum atomic E-state index is -0.205. The fraction of sp³-hybridized carbons (Fsp3) is 0.214. The van der Waals surface area contributed by atoms with Gasteiger partial charge in [-0.3, -0.25) is 4.79 Å². The Morgan fingerprint density at radius 1 is 1.06 bits per heavy atom. The zero-order chi connectivity index (χ0) is 13.0. The Hall–Kier alpha value is -2.23. The van der Waals surface area contributed by atoms with Crippen LogP contribution in [0.4, 0.5) is 0 Å². The van der Waals surface area contributed by atoms with Crippen LogP contribution in [0.15, 0.2) is 36.4 Å². The van der Waals surface area contributed by atoms with Crippen LogP contribution in [-0.4, -0.2) is 16.1 Å². The topological polar surface area (TPSA) is 54.9 Å². The highest BCUT2D eigenvalue weighted by Gasteiger charge is 2.06. The van der Waals surface area contributed by atoms with Gasteiger partial charge in [-0.25, -0.2) is 0 Å². The fourth-order valence-electron chi connectivity index (χ4n) is 1.50. The van der Waals surface area contributed by atoms with Gasteiger partial charge in [0, 0.05) is 6.54 Å². The molecule has 2 rings (SSSR count). The van der Waals surface area contributed by atoms with Crippen molar-refractivity contribution in [1.82, 2.24) is 15.5 Å². The maximum atomic E-state index is 11.8. The summed E-state index contributed by atoms with van der Waals surface area (Å²) in [6.07, 6.45) is 0. The van der Waals surface area contributed by atoms with Crippen molar-refractivity contribution >= 4 is 5.91 Å². The molecule has 0 atom stereocenters. The first-order valence-electron chi connectivity index (χ1n) is 5.79. The Labute approximate surface area is 106 Å². The van der Waals surface area contributed by atoms with Crippen molar-refractivity contribution in [2.75, 3.05) is 0 Å². The van der Waals surface area contributed by atoms with Crippen molar-refractivity contribution in [3.8, 4) is 0 Å². The van der Waals surface area contributed by atoms with Crippen LogP contribution >= 0.6 is 0 Å². The molecule has 4 nitrogen and oxygen atoms in total. The second-order valence-electron chi connectivity index (χ2n) is 4.23. The van der Waals surface area contributed by atoms with Gasteiger partial charge in [0.15, 0.2) is 5.69 Å². The molecule has 92 valence electrons. The summed E-state index contributed by atoms with van der Waals surface area (Å²) < 4.78 is 0. The molecule has 4 heteroatoms. The maximum Gasteiger partial charge on any atom is 0.272 e. The lowest BCUT2D eigenvalue weighted by atomic mass is 10.1. The van der Waals surface area contributed by atoms with Crippen LogP contribution < -0.4 is 5.32 Å². The summed E-state index contributed by atoms with van der Waals surface area (Å²) in [5.41, 5.74) is 3.40. The highest BCUT2D eigenvalue weighted by atomic mass is 16.1. The van der Waals surface area contributed by atoms with Crippen LogP contribution in [0.1, 0.15) is 27.3 Å². The Morgan fingerprint density at radius 2 is 1.78 bits per heavy atom. The van der Waals surface area contributed by atoms with E-state index in [-0.39, 0.29) is 5.91 Å². The van der Waals surface area contributed by atoms with Gasteiger partial charge in [0.2, 0.25) is 0 Å². The largest absolute Gasteiger partial charge is 0.347 e. The quantitative estimate of drug-likeness (QED) is 0.894. The smallest absolute Gasteiger partial charge is 0.272 e. The van der Waals surface area contributed by atoms with E-state index in [1.54, 1.807) is 12.1 Å². The standard InChI is InChI=1S/C14H15N3O/c1-10-3-6-12(7-4-10)9-15-14(18)13-8-5-11(2)16-17-13/h3-8H,9H2,1-2H3,(H,15,18). The molecule has 0 aliphatic rings. The Kier molecular flexibility index (Phi) is 3.67. The van der Waals surface area contributed by atoms with Gasteiger partial charge in [-0.15, -0.1) is 5.10 Å². The van der Waals surface area contributed by atoms with E-state index in [2.05, 4.69) is 15.5 Å². The molecular formula is C14H15N3O. The summed E-state index contributed by atoms with van der Waals surface area (Å²) in [4.78, 5) is 11.8. The summed E-state index contributed by atoms with van der Waals surface area (Å²) in [6, 6.07) is 11.5. The molecule has 1 aromatic carbocycles. The molecule has 1 heterocycles. The van der Waals surface area contributed by atoms with Gasteiger partial charge in [0.25, 0.3) is 5.91 Å². The van der Waals surface area contributed by atoms with E-state index in [9.17, 15) is 4.79 Å². The molecule has 0 spiro atoms. The van der Waals surface area contributed by atoms with Gasteiger partial charge in [-0.05, 0) is 31.5 Å². The number of benzene rings is 1. The molecule has 0 aliphatic carbocycles. The third-order valence-electron chi connectivity index (χ3n) is 2.60. The van der Waals surface area contributed by atoms with Gasteiger partial charge in [0.05, 0.1) is 5.69 Å². The van der Waals surface area contributed by atoms with Crippen LogP contribution in [-0.2, 0) is 6.54 Å². The van der Waals surface area contributed by atoms with E-state index in [4.69, 9.17) is 0 Å². The number of hydrogen-bond donors (Lipinski definition) is 1. The third-order valence-corrected chi connectivity index (χ3v) is 2.60. The van der Waals surface area contributed by atoms with Crippen molar-refractivity contribution in [2.45, 2.75) is 20.4 Å². The molecular weight excluding hydrogens is 226 g/mol. The van der Waals surface area contributed by atoms with E-state index < -0.39 is 0 Å². The van der Waals surface area contributed by atoms with Crippen LogP contribution in [0, 0.1) is 13.8 Å². The summed E-state index contributed by atoms with van der Waals surface area (Å²) in [5.74, 6) is -0.205. The molecule has 0 radical (unpaired) electrons. The number of nitrogens with one attached hydrogen (secondary N) is 1. The molecule has 1 aromatic heterocycles. The van der Waals surface area contributed by atoms with E-state index >= 15 is 0 Å². The molecule has 0 saturated heterocycles. The number of carbonyl (C=O) groups excluding carboxylic acids is 1. The van der Waals surface area contributed by atoms with Gasteiger partial charge >= 0.3 is 0 Å². The van der Waals surface area contributed by atoms with Crippen molar-refractivity contribution in [1.29, 1.82) is 0 Å². The Morgan fingerprint density at radius 3 is 2.39 bits per heavy atom. The van der Waals surface area contributed by atoms with E-state index in [0.29, 0.717) is 12.2 Å². The molecule has 0 saturated carbocycles. The van der Waals surface area contributed by atoms with E-state index in [1.165, 1.54) is 5.56 Å². The van der Waals surface area contributed by atoms with Crippen LogP contribution in [0.5, 0.6) is 0 Å². The zero-order valence-corrected chi connectivity index (χ0v) is 10.5. The number of aryl methyl sites for hydroxylation is 2. The molecule has 2 aromatic rings. The normalized spacial score (nSPS) is 10.1. The predicted molar refractivity (Wildman–Crippen MR) is 69.1 cm³/mol. The number of aromatic nitrogens is 2. The second kappa shape index (κ2) is 5.40. The van der Waals surface area contributed by atoms with Gasteiger partial charge in [-0.2, -0.15) is 5.10 Å². The highest BCUT2D eigenvalue weighted by molar-refractivity contribution is 5.91. The van der Waals surface area contributed by atoms with Crippen LogP contribution in [0.3, 0.4) is 0 Å². The lowest BCUT2D eigenvalue weighted by molar-refractivity contribution is 0.0945. The predicted octanol–water partition coefficient (Wildman–Crippen LogP) is 2.02. The average molecular weight is 241 g/mol. The molecule has 0 unspecified atom stereocenters. The summed E-state index contributed by atoms with van der Waals surface area (Å²) >= 11 is 0. The number of nitrogens with zero attached hydrogens (tertiary/aromatic N) is 2. The SMILES string of the molecule is Cc1ccc(CNC(=O)c2ccc(C)nn2)cc1. The van der Waals surface area contributed by atoms with Gasteiger partial charge in [-0.1, -0.05) is 29.8 Å². The molecule has 0 aliphatic heterocycles. The number of amides is 1. The summed E-state index contributed by atoms with van der Waals surface area (Å²) in [7, 11) is 0.